The lowest BCUT2D eigenvalue weighted by Crippen LogP contribution is -2.57. The lowest BCUT2D eigenvalue weighted by molar-refractivity contribution is -0.133. The molecule has 1 aromatic heterocycles. The molecular formula is C26H31ClN6O2S. The van der Waals surface area contributed by atoms with Crippen LogP contribution in [-0.2, 0) is 4.79 Å². The molecule has 0 radical (unpaired) electrons. The van der Waals surface area contributed by atoms with Crippen molar-refractivity contribution in [3.63, 3.8) is 0 Å². The van der Waals surface area contributed by atoms with Gasteiger partial charge in [-0.2, -0.15) is 0 Å². The number of hydrogen-bond acceptors (Lipinski definition) is 5. The molecule has 1 unspecified atom stereocenters. The maximum Gasteiger partial charge on any atom is 0.319 e. The van der Waals surface area contributed by atoms with Crippen molar-refractivity contribution in [2.24, 2.45) is 0 Å². The van der Waals surface area contributed by atoms with Crippen molar-refractivity contribution in [1.29, 1.82) is 0 Å². The zero-order valence-corrected chi connectivity index (χ0v) is 22.4. The molecule has 1 atom stereocenters. The molecule has 1 saturated heterocycles. The van der Waals surface area contributed by atoms with Crippen LogP contribution < -0.4 is 0 Å². The summed E-state index contributed by atoms with van der Waals surface area (Å²) in [6.07, 6.45) is 1.18. The Morgan fingerprint density at radius 3 is 2.47 bits per heavy atom. The molecule has 1 fully saturated rings. The molecule has 0 aliphatic carbocycles. The molecule has 4 rings (SSSR count). The van der Waals surface area contributed by atoms with E-state index in [-0.39, 0.29) is 18.0 Å². The number of aromatic nitrogens is 3. The van der Waals surface area contributed by atoms with E-state index in [9.17, 15) is 9.59 Å². The lowest BCUT2D eigenvalue weighted by Gasteiger charge is -2.40. The molecule has 3 amide bonds. The quantitative estimate of drug-likeness (QED) is 0.330. The predicted molar refractivity (Wildman–Crippen MR) is 144 cm³/mol. The number of rotatable bonds is 7. The molecular weight excluding hydrogens is 496 g/mol. The molecule has 190 valence electrons. The number of halogens is 1. The maximum atomic E-state index is 12.8. The second-order valence-corrected chi connectivity index (χ2v) is 10.4. The molecule has 1 aliphatic heterocycles. The first-order valence-corrected chi connectivity index (χ1v) is 13.4. The van der Waals surface area contributed by atoms with Crippen molar-refractivity contribution < 1.29 is 9.59 Å². The summed E-state index contributed by atoms with van der Waals surface area (Å²) >= 11 is 8.04. The van der Waals surface area contributed by atoms with Crippen LogP contribution in [0.5, 0.6) is 0 Å². The molecule has 2 aromatic carbocycles. The predicted octanol–water partition coefficient (Wildman–Crippen LogP) is 4.67. The number of para-hydroxylation sites is 1. The van der Waals surface area contributed by atoms with Crippen molar-refractivity contribution in [2.75, 3.05) is 39.5 Å². The van der Waals surface area contributed by atoms with Gasteiger partial charge in [0, 0.05) is 63.2 Å². The highest BCUT2D eigenvalue weighted by Gasteiger charge is 2.30. The van der Waals surface area contributed by atoms with E-state index in [1.165, 1.54) is 0 Å². The van der Waals surface area contributed by atoms with E-state index in [0.717, 1.165) is 28.6 Å². The number of amides is 3. The van der Waals surface area contributed by atoms with Crippen molar-refractivity contribution in [2.45, 2.75) is 31.0 Å². The second kappa shape index (κ2) is 11.8. The average Bonchev–Trinajstić information content (AvgIpc) is 3.30. The van der Waals surface area contributed by atoms with Crippen LogP contribution in [0.25, 0.3) is 17.1 Å². The van der Waals surface area contributed by atoms with Gasteiger partial charge in [0.1, 0.15) is 0 Å². The van der Waals surface area contributed by atoms with Crippen LogP contribution in [0, 0.1) is 0 Å². The van der Waals surface area contributed by atoms with Gasteiger partial charge in [-0.15, -0.1) is 10.2 Å². The van der Waals surface area contributed by atoms with Crippen LogP contribution >= 0.6 is 23.4 Å². The van der Waals surface area contributed by atoms with E-state index in [4.69, 9.17) is 11.6 Å². The van der Waals surface area contributed by atoms with Gasteiger partial charge in [0.05, 0.1) is 5.02 Å². The molecule has 0 N–H and O–H groups in total. The van der Waals surface area contributed by atoms with Crippen LogP contribution in [0.4, 0.5) is 4.79 Å². The van der Waals surface area contributed by atoms with Crippen LogP contribution in [0.2, 0.25) is 5.02 Å². The van der Waals surface area contributed by atoms with Crippen LogP contribution in [0.3, 0.4) is 0 Å². The molecule has 0 spiro atoms. The lowest BCUT2D eigenvalue weighted by atomic mass is 10.2. The van der Waals surface area contributed by atoms with Crippen LogP contribution in [-0.4, -0.2) is 86.9 Å². The standard InChI is InChI=1S/C26H31ClN6O2S/c1-19-18-31(15-16-32(19)26(35)30(2)3)23(34)14-9-17-36-25-29-28-24(21-12-7-8-13-22(21)27)33(25)20-10-5-4-6-11-20/h4-8,10-13,19H,9,14-18H2,1-3H3. The highest BCUT2D eigenvalue weighted by Crippen LogP contribution is 2.32. The molecule has 2 heterocycles. The molecule has 3 aromatic rings. The Labute approximate surface area is 221 Å². The molecule has 0 bridgehead atoms. The van der Waals surface area contributed by atoms with E-state index >= 15 is 0 Å². The van der Waals surface area contributed by atoms with E-state index in [1.807, 2.05) is 75.9 Å². The summed E-state index contributed by atoms with van der Waals surface area (Å²) < 4.78 is 2.01. The third-order valence-electron chi connectivity index (χ3n) is 6.14. The third kappa shape index (κ3) is 5.84. The number of benzene rings is 2. The van der Waals surface area contributed by atoms with Gasteiger partial charge in [0.15, 0.2) is 11.0 Å². The summed E-state index contributed by atoms with van der Waals surface area (Å²) in [6, 6.07) is 17.5. The highest BCUT2D eigenvalue weighted by atomic mass is 35.5. The Bertz CT molecular complexity index is 1200. The van der Waals surface area contributed by atoms with Crippen molar-refractivity contribution in [3.8, 4) is 17.1 Å². The summed E-state index contributed by atoms with van der Waals surface area (Å²) in [5.74, 6) is 1.54. The van der Waals surface area contributed by atoms with E-state index in [1.54, 1.807) is 30.8 Å². The SMILES string of the molecule is CC1CN(C(=O)CCCSc2nnc(-c3ccccc3Cl)n2-c2ccccc2)CCN1C(=O)N(C)C. The molecule has 1 aliphatic rings. The molecule has 10 heteroatoms. The van der Waals surface area contributed by atoms with E-state index in [2.05, 4.69) is 10.2 Å². The molecule has 36 heavy (non-hydrogen) atoms. The minimum Gasteiger partial charge on any atom is -0.339 e. The number of carbonyl (C=O) groups is 2. The minimum atomic E-state index is -0.00955. The normalized spacial score (nSPS) is 15.7. The fraction of sp³-hybridized carbons (Fsp3) is 0.385. The number of piperazine rings is 1. The van der Waals surface area contributed by atoms with Gasteiger partial charge >= 0.3 is 6.03 Å². The first-order chi connectivity index (χ1) is 17.4. The van der Waals surface area contributed by atoms with Crippen molar-refractivity contribution in [1.82, 2.24) is 29.5 Å². The van der Waals surface area contributed by atoms with Crippen molar-refractivity contribution >= 4 is 35.3 Å². The monoisotopic (exact) mass is 526 g/mol. The van der Waals surface area contributed by atoms with E-state index < -0.39 is 0 Å². The second-order valence-electron chi connectivity index (χ2n) is 8.97. The third-order valence-corrected chi connectivity index (χ3v) is 7.48. The Kier molecular flexibility index (Phi) is 8.53. The largest absolute Gasteiger partial charge is 0.339 e. The summed E-state index contributed by atoms with van der Waals surface area (Å²) in [4.78, 5) is 30.4. The number of hydrogen-bond donors (Lipinski definition) is 0. The first-order valence-electron chi connectivity index (χ1n) is 12.0. The summed E-state index contributed by atoms with van der Waals surface area (Å²) in [7, 11) is 3.50. The number of nitrogens with zero attached hydrogens (tertiary/aromatic N) is 6. The van der Waals surface area contributed by atoms with Gasteiger partial charge in [-0.25, -0.2) is 4.79 Å². The zero-order chi connectivity index (χ0) is 25.7. The fourth-order valence-corrected chi connectivity index (χ4v) is 5.37. The Morgan fingerprint density at radius 2 is 1.78 bits per heavy atom. The Morgan fingerprint density at radius 1 is 1.06 bits per heavy atom. The summed E-state index contributed by atoms with van der Waals surface area (Å²) in [5, 5.41) is 10.3. The first kappa shape index (κ1) is 26.0. The van der Waals surface area contributed by atoms with Gasteiger partial charge in [-0.3, -0.25) is 9.36 Å². The number of carbonyl (C=O) groups excluding carboxylic acids is 2. The molecule has 8 nitrogen and oxygen atoms in total. The zero-order valence-electron chi connectivity index (χ0n) is 20.8. The van der Waals surface area contributed by atoms with Gasteiger partial charge < -0.3 is 14.7 Å². The topological polar surface area (TPSA) is 74.6 Å². The minimum absolute atomic E-state index is 0.000342. The Balaban J connectivity index is 1.38. The highest BCUT2D eigenvalue weighted by molar-refractivity contribution is 7.99. The smallest absolute Gasteiger partial charge is 0.319 e. The van der Waals surface area contributed by atoms with Gasteiger partial charge in [0.2, 0.25) is 5.91 Å². The van der Waals surface area contributed by atoms with E-state index in [0.29, 0.717) is 36.9 Å². The van der Waals surface area contributed by atoms with Gasteiger partial charge in [0.25, 0.3) is 0 Å². The average molecular weight is 527 g/mol. The summed E-state index contributed by atoms with van der Waals surface area (Å²) in [5.41, 5.74) is 1.77. The maximum absolute atomic E-state index is 12.8. The van der Waals surface area contributed by atoms with Crippen molar-refractivity contribution in [3.05, 3.63) is 59.6 Å². The molecule has 0 saturated carbocycles. The van der Waals surface area contributed by atoms with Crippen LogP contribution in [0.15, 0.2) is 59.8 Å². The number of urea groups is 1. The Hall–Kier alpha value is -3.04. The summed E-state index contributed by atoms with van der Waals surface area (Å²) in [6.45, 7) is 3.68. The van der Waals surface area contributed by atoms with Gasteiger partial charge in [-0.1, -0.05) is 53.7 Å². The van der Waals surface area contributed by atoms with Crippen LogP contribution in [0.1, 0.15) is 19.8 Å². The number of thioether (sulfide) groups is 1. The fourth-order valence-electron chi connectivity index (χ4n) is 4.26. The van der Waals surface area contributed by atoms with Gasteiger partial charge in [-0.05, 0) is 37.6 Å².